The lowest BCUT2D eigenvalue weighted by Gasteiger charge is -1.92. The second-order valence-electron chi connectivity index (χ2n) is 3.56. The van der Waals surface area contributed by atoms with Gasteiger partial charge in [0.05, 0.1) is 16.8 Å². The van der Waals surface area contributed by atoms with Crippen molar-refractivity contribution in [2.45, 2.75) is 13.8 Å². The SMILES string of the molecule is CC(=O)Nc1nc(C)c(-c2ccc(C=NO)s2)s1. The van der Waals surface area contributed by atoms with E-state index in [9.17, 15) is 4.79 Å². The van der Waals surface area contributed by atoms with Crippen LogP contribution in [-0.2, 0) is 4.79 Å². The van der Waals surface area contributed by atoms with Crippen LogP contribution in [0.1, 0.15) is 17.5 Å². The van der Waals surface area contributed by atoms with E-state index in [1.807, 2.05) is 19.1 Å². The van der Waals surface area contributed by atoms with Gasteiger partial charge >= 0.3 is 0 Å². The summed E-state index contributed by atoms with van der Waals surface area (Å²) in [4.78, 5) is 18.2. The number of carbonyl (C=O) groups excluding carboxylic acids is 1. The molecule has 2 heterocycles. The molecule has 1 amide bonds. The first-order valence-corrected chi connectivity index (χ1v) is 6.76. The van der Waals surface area contributed by atoms with Crippen LogP contribution in [0.5, 0.6) is 0 Å². The zero-order chi connectivity index (χ0) is 13.1. The molecule has 0 aromatic carbocycles. The van der Waals surface area contributed by atoms with Gasteiger partial charge in [-0.15, -0.1) is 11.3 Å². The number of aryl methyl sites for hydroxylation is 1. The quantitative estimate of drug-likeness (QED) is 0.516. The molecule has 0 aliphatic rings. The molecule has 0 saturated carbocycles. The summed E-state index contributed by atoms with van der Waals surface area (Å²) in [6.07, 6.45) is 1.39. The second-order valence-corrected chi connectivity index (χ2v) is 5.68. The van der Waals surface area contributed by atoms with Crippen LogP contribution in [0, 0.1) is 6.92 Å². The van der Waals surface area contributed by atoms with Gasteiger partial charge in [-0.25, -0.2) is 4.98 Å². The van der Waals surface area contributed by atoms with Crippen LogP contribution < -0.4 is 5.32 Å². The van der Waals surface area contributed by atoms with Gasteiger partial charge in [0.25, 0.3) is 0 Å². The molecule has 0 atom stereocenters. The number of rotatable bonds is 3. The fraction of sp³-hybridized carbons (Fsp3) is 0.182. The predicted octanol–water partition coefficient (Wildman–Crippen LogP) is 2.95. The highest BCUT2D eigenvalue weighted by Gasteiger charge is 2.12. The third-order valence-corrected chi connectivity index (χ3v) is 4.39. The Bertz CT molecular complexity index is 601. The van der Waals surface area contributed by atoms with Gasteiger partial charge in [0.15, 0.2) is 5.13 Å². The number of oxime groups is 1. The summed E-state index contributed by atoms with van der Waals surface area (Å²) in [6, 6.07) is 3.82. The number of hydrogen-bond donors (Lipinski definition) is 2. The van der Waals surface area contributed by atoms with E-state index in [4.69, 9.17) is 5.21 Å². The molecule has 0 spiro atoms. The van der Waals surface area contributed by atoms with Crippen LogP contribution in [0.25, 0.3) is 9.75 Å². The first kappa shape index (κ1) is 12.7. The summed E-state index contributed by atoms with van der Waals surface area (Å²) in [5.41, 5.74) is 0.873. The van der Waals surface area contributed by atoms with Crippen LogP contribution in [0.4, 0.5) is 5.13 Å². The van der Waals surface area contributed by atoms with E-state index in [1.165, 1.54) is 35.8 Å². The molecule has 2 rings (SSSR count). The molecule has 7 heteroatoms. The van der Waals surface area contributed by atoms with Crippen molar-refractivity contribution >= 4 is 39.9 Å². The Morgan fingerprint density at radius 3 is 2.94 bits per heavy atom. The largest absolute Gasteiger partial charge is 0.411 e. The van der Waals surface area contributed by atoms with E-state index in [0.717, 1.165) is 20.3 Å². The minimum atomic E-state index is -0.130. The van der Waals surface area contributed by atoms with Gasteiger partial charge in [-0.3, -0.25) is 4.79 Å². The molecule has 2 aromatic heterocycles. The maximum atomic E-state index is 11.0. The predicted molar refractivity (Wildman–Crippen MR) is 73.8 cm³/mol. The topological polar surface area (TPSA) is 74.6 Å². The lowest BCUT2D eigenvalue weighted by atomic mass is 10.3. The van der Waals surface area contributed by atoms with Gasteiger partial charge in [0.2, 0.25) is 5.91 Å². The molecule has 0 aliphatic heterocycles. The monoisotopic (exact) mass is 281 g/mol. The Kier molecular flexibility index (Phi) is 3.73. The van der Waals surface area contributed by atoms with Crippen molar-refractivity contribution in [3.05, 3.63) is 22.7 Å². The zero-order valence-corrected chi connectivity index (χ0v) is 11.4. The van der Waals surface area contributed by atoms with Crippen LogP contribution in [0.3, 0.4) is 0 Å². The molecule has 18 heavy (non-hydrogen) atoms. The Hall–Kier alpha value is -1.73. The third kappa shape index (κ3) is 2.74. The van der Waals surface area contributed by atoms with Crippen LogP contribution in [0.15, 0.2) is 17.3 Å². The zero-order valence-electron chi connectivity index (χ0n) is 9.80. The van der Waals surface area contributed by atoms with Gasteiger partial charge in [0.1, 0.15) is 0 Å². The van der Waals surface area contributed by atoms with Crippen LogP contribution >= 0.6 is 22.7 Å². The molecule has 0 bridgehead atoms. The minimum Gasteiger partial charge on any atom is -0.411 e. The summed E-state index contributed by atoms with van der Waals surface area (Å²) in [5.74, 6) is -0.130. The lowest BCUT2D eigenvalue weighted by Crippen LogP contribution is -2.04. The highest BCUT2D eigenvalue weighted by Crippen LogP contribution is 2.36. The number of amides is 1. The smallest absolute Gasteiger partial charge is 0.223 e. The normalized spacial score (nSPS) is 11.0. The van der Waals surface area contributed by atoms with E-state index in [2.05, 4.69) is 15.5 Å². The fourth-order valence-electron chi connectivity index (χ4n) is 1.43. The first-order valence-electron chi connectivity index (χ1n) is 5.13. The van der Waals surface area contributed by atoms with E-state index < -0.39 is 0 Å². The molecule has 0 saturated heterocycles. The van der Waals surface area contributed by atoms with Gasteiger partial charge in [0, 0.05) is 16.7 Å². The fourth-order valence-corrected chi connectivity index (χ4v) is 3.48. The summed E-state index contributed by atoms with van der Waals surface area (Å²) in [5, 5.41) is 14.7. The van der Waals surface area contributed by atoms with E-state index in [1.54, 1.807) is 0 Å². The Balaban J connectivity index is 2.31. The second kappa shape index (κ2) is 5.28. The molecule has 0 aliphatic carbocycles. The van der Waals surface area contributed by atoms with Crippen molar-refractivity contribution in [2.24, 2.45) is 5.16 Å². The first-order chi connectivity index (χ1) is 8.60. The molecule has 0 fully saturated rings. The van der Waals surface area contributed by atoms with Crippen molar-refractivity contribution in [3.8, 4) is 9.75 Å². The molecule has 2 N–H and O–H groups in total. The van der Waals surface area contributed by atoms with E-state index in [-0.39, 0.29) is 5.91 Å². The Labute approximate surface area is 112 Å². The maximum absolute atomic E-state index is 11.0. The van der Waals surface area contributed by atoms with Gasteiger partial charge < -0.3 is 10.5 Å². The number of nitrogens with one attached hydrogen (secondary N) is 1. The van der Waals surface area contributed by atoms with Gasteiger partial charge in [-0.2, -0.15) is 0 Å². The number of carbonyl (C=O) groups is 1. The lowest BCUT2D eigenvalue weighted by molar-refractivity contribution is -0.114. The van der Waals surface area contributed by atoms with Crippen molar-refractivity contribution in [1.29, 1.82) is 0 Å². The molecular weight excluding hydrogens is 270 g/mol. The average molecular weight is 281 g/mol. The average Bonchev–Trinajstić information content (AvgIpc) is 2.85. The number of aromatic nitrogens is 1. The Morgan fingerprint density at radius 1 is 1.50 bits per heavy atom. The van der Waals surface area contributed by atoms with Crippen LogP contribution in [0.2, 0.25) is 0 Å². The highest BCUT2D eigenvalue weighted by atomic mass is 32.1. The van der Waals surface area contributed by atoms with Crippen molar-refractivity contribution in [3.63, 3.8) is 0 Å². The number of nitrogens with zero attached hydrogens (tertiary/aromatic N) is 2. The van der Waals surface area contributed by atoms with Gasteiger partial charge in [-0.1, -0.05) is 16.5 Å². The highest BCUT2D eigenvalue weighted by molar-refractivity contribution is 7.24. The molecule has 2 aromatic rings. The minimum absolute atomic E-state index is 0.130. The molecule has 5 nitrogen and oxygen atoms in total. The van der Waals surface area contributed by atoms with Crippen molar-refractivity contribution in [2.75, 3.05) is 5.32 Å². The van der Waals surface area contributed by atoms with E-state index >= 15 is 0 Å². The van der Waals surface area contributed by atoms with Crippen molar-refractivity contribution in [1.82, 2.24) is 4.98 Å². The number of anilines is 1. The molecule has 94 valence electrons. The molecule has 0 unspecified atom stereocenters. The number of hydrogen-bond acceptors (Lipinski definition) is 6. The van der Waals surface area contributed by atoms with Crippen molar-refractivity contribution < 1.29 is 10.0 Å². The Morgan fingerprint density at radius 2 is 2.28 bits per heavy atom. The molecular formula is C11H11N3O2S2. The van der Waals surface area contributed by atoms with Gasteiger partial charge in [-0.05, 0) is 19.1 Å². The van der Waals surface area contributed by atoms with E-state index in [0.29, 0.717) is 5.13 Å². The van der Waals surface area contributed by atoms with Crippen LogP contribution in [-0.4, -0.2) is 22.3 Å². The third-order valence-electron chi connectivity index (χ3n) is 2.12. The summed E-state index contributed by atoms with van der Waals surface area (Å²) in [7, 11) is 0. The summed E-state index contributed by atoms with van der Waals surface area (Å²) in [6.45, 7) is 3.36. The summed E-state index contributed by atoms with van der Waals surface area (Å²) < 4.78 is 0. The number of thiophene rings is 1. The number of thiazole rings is 1. The molecule has 0 radical (unpaired) electrons. The summed E-state index contributed by atoms with van der Waals surface area (Å²) >= 11 is 2.94. The standard InChI is InChI=1S/C11H11N3O2S2/c1-6-10(18-11(13-6)14-7(2)15)9-4-3-8(17-9)5-12-16/h3-5,16H,1-2H3,(H,13,14,15). The maximum Gasteiger partial charge on any atom is 0.223 e.